The highest BCUT2D eigenvalue weighted by molar-refractivity contribution is 5.97. The summed E-state index contributed by atoms with van der Waals surface area (Å²) >= 11 is 0. The Morgan fingerprint density at radius 1 is 0.884 bits per heavy atom. The first-order chi connectivity index (χ1) is 20.9. The van der Waals surface area contributed by atoms with E-state index < -0.39 is 0 Å². The molecular formula is C35H41N5O3. The number of likely N-dealkylation sites (tertiary alicyclic amines) is 1. The summed E-state index contributed by atoms with van der Waals surface area (Å²) in [5.74, 6) is -0.384. The summed E-state index contributed by atoms with van der Waals surface area (Å²) in [5, 5.41) is 1.15. The summed E-state index contributed by atoms with van der Waals surface area (Å²) in [5.41, 5.74) is 12.1. The van der Waals surface area contributed by atoms with Crippen LogP contribution >= 0.6 is 0 Å². The van der Waals surface area contributed by atoms with Crippen molar-refractivity contribution in [3.63, 3.8) is 0 Å². The number of nitrogens with zero attached hydrogens (tertiary/aromatic N) is 4. The molecule has 0 unspecified atom stereocenters. The van der Waals surface area contributed by atoms with E-state index >= 15 is 0 Å². The van der Waals surface area contributed by atoms with Crippen LogP contribution in [-0.2, 0) is 17.8 Å². The first-order valence-electron chi connectivity index (χ1n) is 15.4. The Hall–Kier alpha value is -4.30. The van der Waals surface area contributed by atoms with Crippen LogP contribution in [0.4, 0.5) is 10.5 Å². The molecule has 0 radical (unpaired) electrons. The summed E-state index contributed by atoms with van der Waals surface area (Å²) < 4.78 is 7.87. The molecule has 224 valence electrons. The number of piperidine rings is 1. The van der Waals surface area contributed by atoms with Crippen LogP contribution < -0.4 is 10.6 Å². The van der Waals surface area contributed by atoms with Crippen LogP contribution in [0.25, 0.3) is 10.9 Å². The predicted molar refractivity (Wildman–Crippen MR) is 170 cm³/mol. The van der Waals surface area contributed by atoms with Crippen molar-refractivity contribution >= 4 is 28.6 Å². The molecule has 2 saturated heterocycles. The lowest BCUT2D eigenvalue weighted by Crippen LogP contribution is -2.49. The number of primary amides is 1. The fourth-order valence-electron chi connectivity index (χ4n) is 6.40. The summed E-state index contributed by atoms with van der Waals surface area (Å²) in [6, 6.07) is 24.9. The first-order valence-corrected chi connectivity index (χ1v) is 15.4. The highest BCUT2D eigenvalue weighted by Gasteiger charge is 2.24. The largest absolute Gasteiger partial charge is 0.445 e. The van der Waals surface area contributed by atoms with Crippen LogP contribution in [-0.4, -0.2) is 72.2 Å². The average Bonchev–Trinajstić information content (AvgIpc) is 3.47. The molecule has 2 fully saturated rings. The van der Waals surface area contributed by atoms with Crippen LogP contribution in [0.2, 0.25) is 0 Å². The molecule has 1 aromatic heterocycles. The molecule has 0 spiro atoms. The van der Waals surface area contributed by atoms with Gasteiger partial charge in [-0.3, -0.25) is 4.79 Å². The van der Waals surface area contributed by atoms with Gasteiger partial charge in [0.15, 0.2) is 0 Å². The second-order valence-corrected chi connectivity index (χ2v) is 11.8. The van der Waals surface area contributed by atoms with Gasteiger partial charge in [0.2, 0.25) is 5.91 Å². The lowest BCUT2D eigenvalue weighted by atomic mass is 10.0. The Morgan fingerprint density at radius 2 is 1.65 bits per heavy atom. The van der Waals surface area contributed by atoms with E-state index in [0.29, 0.717) is 31.3 Å². The number of amides is 2. The van der Waals surface area contributed by atoms with Gasteiger partial charge in [0.25, 0.3) is 0 Å². The molecule has 4 aromatic rings. The number of anilines is 1. The van der Waals surface area contributed by atoms with E-state index in [4.69, 9.17) is 10.5 Å². The number of carbonyl (C=O) groups is 2. The maximum Gasteiger partial charge on any atom is 0.410 e. The van der Waals surface area contributed by atoms with E-state index in [1.54, 1.807) is 6.07 Å². The van der Waals surface area contributed by atoms with Crippen molar-refractivity contribution in [1.29, 1.82) is 0 Å². The zero-order chi connectivity index (χ0) is 29.8. The molecule has 8 heteroatoms. The average molecular weight is 580 g/mol. The van der Waals surface area contributed by atoms with Crippen LogP contribution in [0.15, 0.2) is 79.0 Å². The van der Waals surface area contributed by atoms with Gasteiger partial charge in [-0.1, -0.05) is 42.5 Å². The van der Waals surface area contributed by atoms with Crippen molar-refractivity contribution in [3.05, 3.63) is 101 Å². The van der Waals surface area contributed by atoms with Gasteiger partial charge in [-0.15, -0.1) is 0 Å². The molecule has 0 atom stereocenters. The summed E-state index contributed by atoms with van der Waals surface area (Å²) in [7, 11) is 0. The van der Waals surface area contributed by atoms with Crippen LogP contribution in [0.1, 0.15) is 45.9 Å². The third kappa shape index (κ3) is 6.70. The minimum Gasteiger partial charge on any atom is -0.445 e. The number of nitrogens with two attached hydrogens (primary N) is 1. The Labute approximate surface area is 253 Å². The molecule has 3 heterocycles. The molecule has 8 nitrogen and oxygen atoms in total. The number of carbonyl (C=O) groups excluding carboxylic acids is 2. The monoisotopic (exact) mass is 579 g/mol. The fraction of sp³-hybridized carbons (Fsp3) is 0.371. The highest BCUT2D eigenvalue weighted by atomic mass is 16.6. The topological polar surface area (TPSA) is 84.0 Å². The number of aromatic nitrogens is 1. The van der Waals surface area contributed by atoms with Crippen molar-refractivity contribution in [2.45, 2.75) is 38.8 Å². The number of aryl methyl sites for hydroxylation is 1. The van der Waals surface area contributed by atoms with Crippen molar-refractivity contribution < 1.29 is 14.3 Å². The molecule has 43 heavy (non-hydrogen) atoms. The first kappa shape index (κ1) is 28.8. The second kappa shape index (κ2) is 12.9. The van der Waals surface area contributed by atoms with E-state index in [1.807, 2.05) is 47.4 Å². The van der Waals surface area contributed by atoms with Crippen LogP contribution in [0.5, 0.6) is 0 Å². The molecule has 0 bridgehead atoms. The van der Waals surface area contributed by atoms with Gasteiger partial charge in [0.05, 0.1) is 0 Å². The lowest BCUT2D eigenvalue weighted by molar-refractivity contribution is 0.0941. The molecule has 2 amide bonds. The summed E-state index contributed by atoms with van der Waals surface area (Å²) in [6.45, 7) is 8.57. The number of rotatable bonds is 8. The van der Waals surface area contributed by atoms with Gasteiger partial charge in [0, 0.05) is 74.8 Å². The minimum atomic E-state index is -0.384. The molecule has 2 aliphatic heterocycles. The van der Waals surface area contributed by atoms with Gasteiger partial charge in [-0.25, -0.2) is 4.79 Å². The van der Waals surface area contributed by atoms with E-state index in [0.717, 1.165) is 68.5 Å². The summed E-state index contributed by atoms with van der Waals surface area (Å²) in [4.78, 5) is 31.1. The Kier molecular flexibility index (Phi) is 8.65. The minimum absolute atomic E-state index is 0.239. The van der Waals surface area contributed by atoms with Gasteiger partial charge in [0.1, 0.15) is 6.61 Å². The van der Waals surface area contributed by atoms with E-state index in [9.17, 15) is 9.59 Å². The van der Waals surface area contributed by atoms with Crippen molar-refractivity contribution in [3.8, 4) is 0 Å². The molecule has 6 rings (SSSR count). The zero-order valence-corrected chi connectivity index (χ0v) is 25.0. The molecule has 0 aliphatic carbocycles. The maximum atomic E-state index is 12.6. The van der Waals surface area contributed by atoms with E-state index in [1.165, 1.54) is 16.8 Å². The third-order valence-corrected chi connectivity index (χ3v) is 9.10. The van der Waals surface area contributed by atoms with E-state index in [2.05, 4.69) is 51.8 Å². The van der Waals surface area contributed by atoms with E-state index in [-0.39, 0.29) is 12.0 Å². The fourth-order valence-corrected chi connectivity index (χ4v) is 6.40. The number of hydrogen-bond acceptors (Lipinski definition) is 5. The standard InChI is InChI=1S/C35H41N5O3/c1-26-7-10-32(38-19-21-39(22-20-38)35(42)43-25-27-5-3-2-4-6-27)23-29(26)11-15-37-16-13-31(14-17-37)40-18-12-28-8-9-30(34(36)41)24-33(28)40/h2-10,12,18,23-24,31H,11,13-17,19-22,25H2,1H3,(H2,36,41). The number of piperazine rings is 1. The Bertz CT molecular complexity index is 1570. The molecular weight excluding hydrogens is 538 g/mol. The van der Waals surface area contributed by atoms with Gasteiger partial charge in [-0.05, 0) is 78.6 Å². The second-order valence-electron chi connectivity index (χ2n) is 11.8. The van der Waals surface area contributed by atoms with Gasteiger partial charge in [-0.2, -0.15) is 0 Å². The Morgan fingerprint density at radius 3 is 2.40 bits per heavy atom. The Balaban J connectivity index is 0.990. The van der Waals surface area contributed by atoms with Gasteiger partial charge < -0.3 is 29.7 Å². The highest BCUT2D eigenvalue weighted by Crippen LogP contribution is 2.29. The number of ether oxygens (including phenoxy) is 1. The normalized spacial score (nSPS) is 16.5. The number of hydrogen-bond donors (Lipinski definition) is 1. The number of fused-ring (bicyclic) bond motifs is 1. The third-order valence-electron chi connectivity index (χ3n) is 9.10. The predicted octanol–water partition coefficient (Wildman–Crippen LogP) is 5.39. The maximum absolute atomic E-state index is 12.6. The smallest absolute Gasteiger partial charge is 0.410 e. The molecule has 2 N–H and O–H groups in total. The van der Waals surface area contributed by atoms with Crippen LogP contribution in [0.3, 0.4) is 0 Å². The molecule has 2 aliphatic rings. The quantitative estimate of drug-likeness (QED) is 0.303. The lowest BCUT2D eigenvalue weighted by Gasteiger charge is -2.36. The number of benzene rings is 3. The summed E-state index contributed by atoms with van der Waals surface area (Å²) in [6.07, 6.45) is 5.10. The zero-order valence-electron chi connectivity index (χ0n) is 25.0. The van der Waals surface area contributed by atoms with Crippen molar-refractivity contribution in [2.24, 2.45) is 5.73 Å². The van der Waals surface area contributed by atoms with Gasteiger partial charge >= 0.3 is 6.09 Å². The van der Waals surface area contributed by atoms with Crippen molar-refractivity contribution in [2.75, 3.05) is 50.7 Å². The molecule has 0 saturated carbocycles. The van der Waals surface area contributed by atoms with Crippen molar-refractivity contribution in [1.82, 2.24) is 14.4 Å². The SMILES string of the molecule is Cc1ccc(N2CCN(C(=O)OCc3ccccc3)CC2)cc1CCN1CCC(n2ccc3ccc(C(N)=O)cc32)CC1. The van der Waals surface area contributed by atoms with Crippen LogP contribution in [0, 0.1) is 6.92 Å². The molecule has 3 aromatic carbocycles.